The molecule has 0 atom stereocenters. The maximum atomic E-state index is 12.2. The zero-order valence-electron chi connectivity index (χ0n) is 12.6. The Morgan fingerprint density at radius 3 is 2.26 bits per heavy atom. The van der Waals surface area contributed by atoms with Gasteiger partial charge in [0.05, 0.1) is 0 Å². The van der Waals surface area contributed by atoms with Crippen molar-refractivity contribution in [2.24, 2.45) is 23.0 Å². The van der Waals surface area contributed by atoms with Crippen LogP contribution in [0, 0.1) is 17.3 Å². The van der Waals surface area contributed by atoms with Gasteiger partial charge in [-0.1, -0.05) is 27.7 Å². The van der Waals surface area contributed by atoms with Crippen LogP contribution in [0.15, 0.2) is 0 Å². The van der Waals surface area contributed by atoms with Gasteiger partial charge in [-0.25, -0.2) is 4.72 Å². The second-order valence-corrected chi connectivity index (χ2v) is 8.30. The van der Waals surface area contributed by atoms with Gasteiger partial charge in [0.25, 0.3) is 10.2 Å². The number of nitrogens with zero attached hydrogens (tertiary/aromatic N) is 1. The monoisotopic (exact) mass is 291 g/mol. The minimum absolute atomic E-state index is 0.0390. The second-order valence-electron chi connectivity index (χ2n) is 6.55. The highest BCUT2D eigenvalue weighted by Crippen LogP contribution is 2.25. The lowest BCUT2D eigenvalue weighted by Gasteiger charge is -2.33. The van der Waals surface area contributed by atoms with Crippen molar-refractivity contribution >= 4 is 10.2 Å². The van der Waals surface area contributed by atoms with E-state index in [-0.39, 0.29) is 5.41 Å². The molecule has 0 saturated carbocycles. The van der Waals surface area contributed by atoms with Gasteiger partial charge in [-0.3, -0.25) is 0 Å². The van der Waals surface area contributed by atoms with Crippen molar-refractivity contribution in [2.45, 2.75) is 40.5 Å². The summed E-state index contributed by atoms with van der Waals surface area (Å²) in [6.45, 7) is 10.7. The highest BCUT2D eigenvalue weighted by atomic mass is 32.2. The Hall–Kier alpha value is -0.170. The summed E-state index contributed by atoms with van der Waals surface area (Å²) in [6.07, 6.45) is 1.73. The molecule has 0 aromatic rings. The molecule has 1 heterocycles. The van der Waals surface area contributed by atoms with Gasteiger partial charge < -0.3 is 5.73 Å². The van der Waals surface area contributed by atoms with Crippen molar-refractivity contribution in [3.63, 3.8) is 0 Å². The molecule has 0 spiro atoms. The molecule has 0 aromatic heterocycles. The fourth-order valence-electron chi connectivity index (χ4n) is 1.96. The Bertz CT molecular complexity index is 371. The standard InChI is InChI=1S/C13H29N3O2S/c1-11(2)13(3,4)10-15-19(17,18)16-7-5-12(9-14)6-8-16/h11-12,15H,5-10,14H2,1-4H3. The van der Waals surface area contributed by atoms with E-state index in [1.54, 1.807) is 4.31 Å². The van der Waals surface area contributed by atoms with E-state index in [2.05, 4.69) is 32.4 Å². The Labute approximate surface area is 118 Å². The van der Waals surface area contributed by atoms with E-state index >= 15 is 0 Å². The van der Waals surface area contributed by atoms with Crippen LogP contribution >= 0.6 is 0 Å². The van der Waals surface area contributed by atoms with Gasteiger partial charge in [0.15, 0.2) is 0 Å². The maximum Gasteiger partial charge on any atom is 0.279 e. The van der Waals surface area contributed by atoms with E-state index in [1.165, 1.54) is 0 Å². The normalized spacial score (nSPS) is 20.1. The summed E-state index contributed by atoms with van der Waals surface area (Å²) in [5.41, 5.74) is 5.58. The molecule has 19 heavy (non-hydrogen) atoms. The third-order valence-corrected chi connectivity index (χ3v) is 6.07. The summed E-state index contributed by atoms with van der Waals surface area (Å²) >= 11 is 0. The third-order valence-electron chi connectivity index (χ3n) is 4.52. The summed E-state index contributed by atoms with van der Waals surface area (Å²) in [5.74, 6) is 0.900. The summed E-state index contributed by atoms with van der Waals surface area (Å²) in [6, 6.07) is 0. The number of hydrogen-bond acceptors (Lipinski definition) is 3. The summed E-state index contributed by atoms with van der Waals surface area (Å²) < 4.78 is 28.8. The lowest BCUT2D eigenvalue weighted by molar-refractivity contribution is 0.243. The lowest BCUT2D eigenvalue weighted by Crippen LogP contribution is -2.48. The van der Waals surface area contributed by atoms with E-state index in [1.807, 2.05) is 0 Å². The van der Waals surface area contributed by atoms with Gasteiger partial charge in [0, 0.05) is 19.6 Å². The predicted octanol–water partition coefficient (Wildman–Crippen LogP) is 1.17. The molecule has 0 unspecified atom stereocenters. The van der Waals surface area contributed by atoms with E-state index in [0.29, 0.717) is 38.0 Å². The van der Waals surface area contributed by atoms with E-state index < -0.39 is 10.2 Å². The van der Waals surface area contributed by atoms with Crippen molar-refractivity contribution in [3.8, 4) is 0 Å². The Morgan fingerprint density at radius 1 is 1.32 bits per heavy atom. The molecular formula is C13H29N3O2S. The fraction of sp³-hybridized carbons (Fsp3) is 1.00. The SMILES string of the molecule is CC(C)C(C)(C)CNS(=O)(=O)N1CCC(CN)CC1. The first-order valence-corrected chi connectivity index (χ1v) is 8.58. The van der Waals surface area contributed by atoms with Crippen molar-refractivity contribution in [3.05, 3.63) is 0 Å². The molecule has 3 N–H and O–H groups in total. The molecule has 0 radical (unpaired) electrons. The highest BCUT2D eigenvalue weighted by Gasteiger charge is 2.30. The molecule has 5 nitrogen and oxygen atoms in total. The molecule has 0 aromatic carbocycles. The van der Waals surface area contributed by atoms with Crippen LogP contribution in [0.3, 0.4) is 0 Å². The van der Waals surface area contributed by atoms with Gasteiger partial charge >= 0.3 is 0 Å². The number of rotatable bonds is 6. The molecule has 0 aliphatic carbocycles. The zero-order valence-corrected chi connectivity index (χ0v) is 13.5. The third kappa shape index (κ3) is 4.70. The molecule has 114 valence electrons. The summed E-state index contributed by atoms with van der Waals surface area (Å²) in [5, 5.41) is 0. The average Bonchev–Trinajstić information content (AvgIpc) is 2.36. The molecule has 1 saturated heterocycles. The number of nitrogens with one attached hydrogen (secondary N) is 1. The van der Waals surface area contributed by atoms with Gasteiger partial charge in [-0.15, -0.1) is 0 Å². The van der Waals surface area contributed by atoms with Gasteiger partial charge in [-0.05, 0) is 36.6 Å². The van der Waals surface area contributed by atoms with Gasteiger partial charge in [0.1, 0.15) is 0 Å². The fourth-order valence-corrected chi connectivity index (χ4v) is 3.39. The topological polar surface area (TPSA) is 75.4 Å². The highest BCUT2D eigenvalue weighted by molar-refractivity contribution is 7.87. The molecule has 0 bridgehead atoms. The first kappa shape index (κ1) is 16.9. The Kier molecular flexibility index (Phi) is 5.79. The minimum atomic E-state index is -3.34. The van der Waals surface area contributed by atoms with E-state index in [9.17, 15) is 8.42 Å². The Balaban J connectivity index is 2.53. The zero-order chi connectivity index (χ0) is 14.7. The van der Waals surface area contributed by atoms with E-state index in [4.69, 9.17) is 5.73 Å². The summed E-state index contributed by atoms with van der Waals surface area (Å²) in [4.78, 5) is 0. The van der Waals surface area contributed by atoms with Crippen LogP contribution in [0.4, 0.5) is 0 Å². The second kappa shape index (κ2) is 6.52. The quantitative estimate of drug-likeness (QED) is 0.771. The first-order valence-electron chi connectivity index (χ1n) is 7.14. The predicted molar refractivity (Wildman–Crippen MR) is 78.9 cm³/mol. The van der Waals surface area contributed by atoms with Gasteiger partial charge in [-0.2, -0.15) is 12.7 Å². The largest absolute Gasteiger partial charge is 0.330 e. The van der Waals surface area contributed by atoms with E-state index in [0.717, 1.165) is 12.8 Å². The van der Waals surface area contributed by atoms with Crippen LogP contribution in [0.1, 0.15) is 40.5 Å². The molecule has 1 rings (SSSR count). The molecule has 1 aliphatic heterocycles. The van der Waals surface area contributed by atoms with Crippen LogP contribution in [-0.2, 0) is 10.2 Å². The average molecular weight is 291 g/mol. The van der Waals surface area contributed by atoms with Crippen LogP contribution in [0.2, 0.25) is 0 Å². The first-order chi connectivity index (χ1) is 8.69. The molecule has 0 amide bonds. The van der Waals surface area contributed by atoms with Crippen LogP contribution in [0.5, 0.6) is 0 Å². The Morgan fingerprint density at radius 2 is 1.84 bits per heavy atom. The van der Waals surface area contributed by atoms with Crippen LogP contribution in [-0.4, -0.2) is 38.9 Å². The molecule has 1 fully saturated rings. The number of piperidine rings is 1. The number of nitrogens with two attached hydrogens (primary N) is 1. The smallest absolute Gasteiger partial charge is 0.279 e. The van der Waals surface area contributed by atoms with Crippen molar-refractivity contribution in [1.82, 2.24) is 9.03 Å². The minimum Gasteiger partial charge on any atom is -0.330 e. The van der Waals surface area contributed by atoms with Crippen LogP contribution in [0.25, 0.3) is 0 Å². The van der Waals surface area contributed by atoms with Crippen molar-refractivity contribution in [2.75, 3.05) is 26.2 Å². The molecule has 6 heteroatoms. The maximum absolute atomic E-state index is 12.2. The van der Waals surface area contributed by atoms with Crippen molar-refractivity contribution in [1.29, 1.82) is 0 Å². The number of hydrogen-bond donors (Lipinski definition) is 2. The lowest BCUT2D eigenvalue weighted by atomic mass is 9.81. The molecular weight excluding hydrogens is 262 g/mol. The van der Waals surface area contributed by atoms with Crippen LogP contribution < -0.4 is 10.5 Å². The van der Waals surface area contributed by atoms with Gasteiger partial charge in [0.2, 0.25) is 0 Å². The van der Waals surface area contributed by atoms with Crippen molar-refractivity contribution < 1.29 is 8.42 Å². The summed E-state index contributed by atoms with van der Waals surface area (Å²) in [7, 11) is -3.34. The molecule has 1 aliphatic rings.